The SMILES string of the molecule is COc1ccc2sn(CCCCCCn3sc4ccc(OCCCN(C)C)cc4c3=O)c(=O)c2c1. The standard InChI is InChI=1S/C26H33N3O4S2/c1-27(2)13-8-16-33-20-10-12-24-22(18-20)26(31)29(35-24)15-7-5-4-6-14-28-25(30)21-17-19(32-3)9-11-23(21)34-28/h9-12,17-18H,4-8,13-16H2,1-3H3. The van der Waals surface area contributed by atoms with Crippen molar-refractivity contribution in [3.05, 3.63) is 57.1 Å². The van der Waals surface area contributed by atoms with Crippen LogP contribution in [0.3, 0.4) is 0 Å². The number of aryl methyl sites for hydroxylation is 2. The number of aromatic nitrogens is 2. The summed E-state index contributed by atoms with van der Waals surface area (Å²) < 4.78 is 16.7. The second-order valence-electron chi connectivity index (χ2n) is 8.94. The Hall–Kier alpha value is -2.62. The molecule has 4 aromatic rings. The normalized spacial score (nSPS) is 11.7. The van der Waals surface area contributed by atoms with Gasteiger partial charge in [0, 0.05) is 19.6 Å². The molecule has 2 aromatic carbocycles. The molecule has 7 nitrogen and oxygen atoms in total. The van der Waals surface area contributed by atoms with Crippen LogP contribution in [0.5, 0.6) is 11.5 Å². The minimum absolute atomic E-state index is 0.0572. The summed E-state index contributed by atoms with van der Waals surface area (Å²) in [5.41, 5.74) is 0.123. The third-order valence-electron chi connectivity index (χ3n) is 5.96. The highest BCUT2D eigenvalue weighted by molar-refractivity contribution is 7.14. The maximum absolute atomic E-state index is 12.8. The molecule has 4 rings (SSSR count). The quantitative estimate of drug-likeness (QED) is 0.234. The molecule has 188 valence electrons. The van der Waals surface area contributed by atoms with Gasteiger partial charge in [-0.25, -0.2) is 0 Å². The van der Waals surface area contributed by atoms with Gasteiger partial charge in [-0.3, -0.25) is 17.5 Å². The zero-order chi connectivity index (χ0) is 24.8. The molecule has 2 heterocycles. The van der Waals surface area contributed by atoms with Crippen molar-refractivity contribution >= 4 is 43.2 Å². The topological polar surface area (TPSA) is 65.7 Å². The third kappa shape index (κ3) is 6.34. The first kappa shape index (κ1) is 25.5. The van der Waals surface area contributed by atoms with E-state index in [9.17, 15) is 9.59 Å². The average molecular weight is 516 g/mol. The Balaban J connectivity index is 1.24. The molecule has 0 unspecified atom stereocenters. The van der Waals surface area contributed by atoms with Crippen LogP contribution in [0.4, 0.5) is 0 Å². The van der Waals surface area contributed by atoms with Crippen molar-refractivity contribution in [1.82, 2.24) is 12.8 Å². The highest BCUT2D eigenvalue weighted by atomic mass is 32.1. The first-order chi connectivity index (χ1) is 17.0. The summed E-state index contributed by atoms with van der Waals surface area (Å²) in [7, 11) is 5.70. The monoisotopic (exact) mass is 515 g/mol. The number of ether oxygens (including phenoxy) is 2. The van der Waals surface area contributed by atoms with E-state index in [2.05, 4.69) is 4.90 Å². The van der Waals surface area contributed by atoms with Crippen molar-refractivity contribution in [2.45, 2.75) is 45.2 Å². The smallest absolute Gasteiger partial charge is 0.268 e. The summed E-state index contributed by atoms with van der Waals surface area (Å²) in [6, 6.07) is 11.5. The second-order valence-corrected chi connectivity index (χ2v) is 11.1. The third-order valence-corrected chi connectivity index (χ3v) is 8.20. The summed E-state index contributed by atoms with van der Waals surface area (Å²) in [5, 5.41) is 1.46. The van der Waals surface area contributed by atoms with Crippen molar-refractivity contribution in [2.24, 2.45) is 0 Å². The first-order valence-corrected chi connectivity index (χ1v) is 13.6. The number of fused-ring (bicyclic) bond motifs is 2. The number of unbranched alkanes of at least 4 members (excludes halogenated alkanes) is 3. The Morgan fingerprint density at radius 1 is 0.771 bits per heavy atom. The average Bonchev–Trinajstić information content (AvgIpc) is 3.34. The number of hydrogen-bond donors (Lipinski definition) is 0. The lowest BCUT2D eigenvalue weighted by molar-refractivity contribution is 0.282. The lowest BCUT2D eigenvalue weighted by Gasteiger charge is -2.10. The number of benzene rings is 2. The van der Waals surface area contributed by atoms with Crippen LogP contribution in [0.2, 0.25) is 0 Å². The van der Waals surface area contributed by atoms with E-state index in [4.69, 9.17) is 9.47 Å². The second kappa shape index (κ2) is 11.9. The van der Waals surface area contributed by atoms with Gasteiger partial charge >= 0.3 is 0 Å². The Morgan fingerprint density at radius 2 is 1.31 bits per heavy atom. The molecular weight excluding hydrogens is 482 g/mol. The van der Waals surface area contributed by atoms with Crippen molar-refractivity contribution in [3.63, 3.8) is 0 Å². The molecule has 0 spiro atoms. The van der Waals surface area contributed by atoms with Crippen LogP contribution in [0, 0.1) is 0 Å². The lowest BCUT2D eigenvalue weighted by Crippen LogP contribution is -2.15. The zero-order valence-electron chi connectivity index (χ0n) is 20.6. The fourth-order valence-corrected chi connectivity index (χ4v) is 6.07. The van der Waals surface area contributed by atoms with E-state index < -0.39 is 0 Å². The van der Waals surface area contributed by atoms with Gasteiger partial charge in [0.1, 0.15) is 11.5 Å². The van der Waals surface area contributed by atoms with Crippen molar-refractivity contribution < 1.29 is 9.47 Å². The van der Waals surface area contributed by atoms with Crippen LogP contribution in [-0.4, -0.2) is 47.2 Å². The Bertz CT molecular complexity index is 1380. The first-order valence-electron chi connectivity index (χ1n) is 12.1. The van der Waals surface area contributed by atoms with Gasteiger partial charge in [-0.15, -0.1) is 0 Å². The van der Waals surface area contributed by atoms with E-state index in [0.29, 0.717) is 12.4 Å². The summed E-state index contributed by atoms with van der Waals surface area (Å²) in [6.07, 6.45) is 4.88. The van der Waals surface area contributed by atoms with Gasteiger partial charge < -0.3 is 14.4 Å². The molecule has 0 aliphatic carbocycles. The van der Waals surface area contributed by atoms with Crippen LogP contribution in [-0.2, 0) is 13.1 Å². The van der Waals surface area contributed by atoms with Crippen molar-refractivity contribution in [1.29, 1.82) is 0 Å². The van der Waals surface area contributed by atoms with Gasteiger partial charge in [0.25, 0.3) is 11.1 Å². The highest BCUT2D eigenvalue weighted by Gasteiger charge is 2.10. The van der Waals surface area contributed by atoms with E-state index in [0.717, 1.165) is 77.7 Å². The molecule has 0 N–H and O–H groups in total. The number of methoxy groups -OCH3 is 1. The molecule has 0 bridgehead atoms. The minimum atomic E-state index is 0.0572. The Morgan fingerprint density at radius 3 is 1.86 bits per heavy atom. The molecule has 0 amide bonds. The number of nitrogens with zero attached hydrogens (tertiary/aromatic N) is 3. The fourth-order valence-electron chi connectivity index (χ4n) is 4.05. The predicted octanol–water partition coefficient (Wildman–Crippen LogP) is 5.04. The molecule has 0 saturated carbocycles. The molecule has 35 heavy (non-hydrogen) atoms. The van der Waals surface area contributed by atoms with E-state index >= 15 is 0 Å². The molecule has 2 aromatic heterocycles. The molecule has 0 aliphatic heterocycles. The van der Waals surface area contributed by atoms with Crippen LogP contribution in [0.25, 0.3) is 20.2 Å². The highest BCUT2D eigenvalue weighted by Crippen LogP contribution is 2.24. The van der Waals surface area contributed by atoms with E-state index in [-0.39, 0.29) is 11.1 Å². The van der Waals surface area contributed by atoms with Gasteiger partial charge in [-0.2, -0.15) is 0 Å². The van der Waals surface area contributed by atoms with Crippen LogP contribution < -0.4 is 20.6 Å². The van der Waals surface area contributed by atoms with Gasteiger partial charge in [0.15, 0.2) is 0 Å². The van der Waals surface area contributed by atoms with Crippen LogP contribution in [0.1, 0.15) is 32.1 Å². The molecule has 0 saturated heterocycles. The largest absolute Gasteiger partial charge is 0.497 e. The van der Waals surface area contributed by atoms with E-state index in [1.54, 1.807) is 7.11 Å². The summed E-state index contributed by atoms with van der Waals surface area (Å²) in [6.45, 7) is 3.06. The van der Waals surface area contributed by atoms with Gasteiger partial charge in [0.05, 0.1) is 33.9 Å². The summed E-state index contributed by atoms with van der Waals surface area (Å²) in [4.78, 5) is 27.6. The fraction of sp³-hybridized carbons (Fsp3) is 0.462. The lowest BCUT2D eigenvalue weighted by atomic mass is 10.2. The van der Waals surface area contributed by atoms with E-state index in [1.165, 1.54) is 23.1 Å². The van der Waals surface area contributed by atoms with Gasteiger partial charge in [0.2, 0.25) is 0 Å². The molecule has 0 fully saturated rings. The summed E-state index contributed by atoms with van der Waals surface area (Å²) >= 11 is 3.03. The molecule has 0 aliphatic rings. The van der Waals surface area contributed by atoms with E-state index in [1.807, 2.05) is 58.4 Å². The maximum atomic E-state index is 12.8. The van der Waals surface area contributed by atoms with Crippen molar-refractivity contribution in [3.8, 4) is 11.5 Å². The molecular formula is C26H33N3O4S2. The Labute approximate surface area is 213 Å². The van der Waals surface area contributed by atoms with Crippen LogP contribution >= 0.6 is 23.1 Å². The predicted molar refractivity (Wildman–Crippen MR) is 146 cm³/mol. The van der Waals surface area contributed by atoms with Gasteiger partial charge in [-0.05, 0) is 69.8 Å². The van der Waals surface area contributed by atoms with Gasteiger partial charge in [-0.1, -0.05) is 35.9 Å². The summed E-state index contributed by atoms with van der Waals surface area (Å²) in [5.74, 6) is 1.47. The zero-order valence-corrected chi connectivity index (χ0v) is 22.3. The molecule has 9 heteroatoms. The molecule has 0 atom stereocenters. The molecule has 0 radical (unpaired) electrons. The van der Waals surface area contributed by atoms with Crippen LogP contribution in [0.15, 0.2) is 46.0 Å². The Kier molecular flexibility index (Phi) is 8.64. The number of rotatable bonds is 13. The number of hydrogen-bond acceptors (Lipinski definition) is 7. The van der Waals surface area contributed by atoms with Crippen molar-refractivity contribution in [2.75, 3.05) is 34.4 Å². The minimum Gasteiger partial charge on any atom is -0.497 e. The maximum Gasteiger partial charge on any atom is 0.268 e.